The van der Waals surface area contributed by atoms with Crippen LogP contribution in [0.5, 0.6) is 0 Å². The van der Waals surface area contributed by atoms with Crippen LogP contribution in [-0.2, 0) is 15.8 Å². The minimum absolute atomic E-state index is 0. The first kappa shape index (κ1) is 17.2. The Bertz CT molecular complexity index is 658. The van der Waals surface area contributed by atoms with Crippen LogP contribution in [0.2, 0.25) is 0 Å². The normalized spacial score (nSPS) is 25.0. The molecule has 0 amide bonds. The van der Waals surface area contributed by atoms with Crippen molar-refractivity contribution in [3.8, 4) is 6.07 Å². The third-order valence-electron chi connectivity index (χ3n) is 4.31. The average molecular weight is 342 g/mol. The lowest BCUT2D eigenvalue weighted by atomic mass is 10.1. The Morgan fingerprint density at radius 1 is 1.27 bits per heavy atom. The zero-order chi connectivity index (χ0) is 14.9. The van der Waals surface area contributed by atoms with E-state index in [1.54, 1.807) is 28.6 Å². The summed E-state index contributed by atoms with van der Waals surface area (Å²) in [7, 11) is -3.34. The van der Waals surface area contributed by atoms with E-state index in [1.165, 1.54) is 0 Å². The first-order valence-electron chi connectivity index (χ1n) is 7.31. The van der Waals surface area contributed by atoms with E-state index in [9.17, 15) is 8.42 Å². The predicted molar refractivity (Wildman–Crippen MR) is 87.2 cm³/mol. The number of sulfonamides is 1. The number of hydrogen-bond donors (Lipinski definition) is 1. The fraction of sp³-hybridized carbons (Fsp3) is 0.533. The number of halogens is 1. The van der Waals surface area contributed by atoms with Gasteiger partial charge in [0.2, 0.25) is 10.0 Å². The van der Waals surface area contributed by atoms with Crippen molar-refractivity contribution in [3.63, 3.8) is 0 Å². The summed E-state index contributed by atoms with van der Waals surface area (Å²) < 4.78 is 27.3. The molecule has 2 fully saturated rings. The number of hydrogen-bond acceptors (Lipinski definition) is 4. The average Bonchev–Trinajstić information content (AvgIpc) is 2.72. The third kappa shape index (κ3) is 3.44. The fourth-order valence-electron chi connectivity index (χ4n) is 3.41. The van der Waals surface area contributed by atoms with Crippen LogP contribution in [0.1, 0.15) is 30.4 Å². The van der Waals surface area contributed by atoms with Crippen molar-refractivity contribution in [1.82, 2.24) is 9.62 Å². The quantitative estimate of drug-likeness (QED) is 0.907. The van der Waals surface area contributed by atoms with Crippen LogP contribution in [0.15, 0.2) is 24.3 Å². The monoisotopic (exact) mass is 341 g/mol. The van der Waals surface area contributed by atoms with Gasteiger partial charge in [-0.15, -0.1) is 12.4 Å². The highest BCUT2D eigenvalue weighted by atomic mass is 35.5. The van der Waals surface area contributed by atoms with E-state index in [-0.39, 0.29) is 30.2 Å². The molecular weight excluding hydrogens is 322 g/mol. The van der Waals surface area contributed by atoms with Gasteiger partial charge < -0.3 is 5.32 Å². The van der Waals surface area contributed by atoms with Gasteiger partial charge in [-0.05, 0) is 43.5 Å². The molecule has 120 valence electrons. The second kappa shape index (κ2) is 6.97. The van der Waals surface area contributed by atoms with Gasteiger partial charge in [-0.3, -0.25) is 0 Å². The van der Waals surface area contributed by atoms with Crippen LogP contribution in [0, 0.1) is 11.3 Å². The number of benzene rings is 1. The summed E-state index contributed by atoms with van der Waals surface area (Å²) >= 11 is 0. The molecule has 2 atom stereocenters. The summed E-state index contributed by atoms with van der Waals surface area (Å²) in [6.45, 7) is 1.63. The lowest BCUT2D eigenvalue weighted by Crippen LogP contribution is -2.43. The molecule has 1 aromatic carbocycles. The van der Waals surface area contributed by atoms with Crippen molar-refractivity contribution in [2.75, 3.05) is 13.1 Å². The number of fused-ring (bicyclic) bond motifs is 2. The number of rotatable bonds is 3. The Labute approximate surface area is 137 Å². The Balaban J connectivity index is 0.00000176. The highest BCUT2D eigenvalue weighted by Gasteiger charge is 2.42. The molecule has 0 aliphatic carbocycles. The third-order valence-corrected chi connectivity index (χ3v) is 6.25. The Hall–Kier alpha value is -1.13. The molecule has 3 rings (SSSR count). The Morgan fingerprint density at radius 2 is 2.05 bits per heavy atom. The van der Waals surface area contributed by atoms with Gasteiger partial charge >= 0.3 is 0 Å². The van der Waals surface area contributed by atoms with Crippen molar-refractivity contribution in [1.29, 1.82) is 5.26 Å². The smallest absolute Gasteiger partial charge is 0.218 e. The van der Waals surface area contributed by atoms with E-state index in [1.807, 2.05) is 0 Å². The van der Waals surface area contributed by atoms with E-state index in [0.29, 0.717) is 11.1 Å². The minimum atomic E-state index is -3.34. The zero-order valence-corrected chi connectivity index (χ0v) is 13.9. The molecule has 2 aliphatic rings. The van der Waals surface area contributed by atoms with Gasteiger partial charge in [0.25, 0.3) is 0 Å². The molecule has 2 aliphatic heterocycles. The fourth-order valence-corrected chi connectivity index (χ4v) is 5.46. The maximum absolute atomic E-state index is 12.8. The maximum atomic E-state index is 12.8. The lowest BCUT2D eigenvalue weighted by Gasteiger charge is -2.26. The molecule has 2 unspecified atom stereocenters. The van der Waals surface area contributed by atoms with Crippen molar-refractivity contribution in [3.05, 3.63) is 35.4 Å². The molecule has 1 N–H and O–H groups in total. The first-order valence-corrected chi connectivity index (χ1v) is 8.92. The SMILES string of the molecule is Cl.N#Cc1cccc(CS(=O)(=O)N2C3CCNCC2CC3)c1. The van der Waals surface area contributed by atoms with Crippen molar-refractivity contribution in [2.24, 2.45) is 0 Å². The predicted octanol–water partition coefficient (Wildman–Crippen LogP) is 1.64. The summed E-state index contributed by atoms with van der Waals surface area (Å²) in [5.41, 5.74) is 1.19. The van der Waals surface area contributed by atoms with E-state index in [4.69, 9.17) is 5.26 Å². The van der Waals surface area contributed by atoms with E-state index < -0.39 is 10.0 Å². The maximum Gasteiger partial charge on any atom is 0.218 e. The molecule has 0 aromatic heterocycles. The van der Waals surface area contributed by atoms with E-state index in [0.717, 1.165) is 32.4 Å². The topological polar surface area (TPSA) is 73.2 Å². The van der Waals surface area contributed by atoms with Crippen LogP contribution >= 0.6 is 12.4 Å². The molecule has 5 nitrogen and oxygen atoms in total. The second-order valence-electron chi connectivity index (χ2n) is 5.78. The van der Waals surface area contributed by atoms with Gasteiger partial charge in [-0.1, -0.05) is 12.1 Å². The van der Waals surface area contributed by atoms with E-state index >= 15 is 0 Å². The first-order chi connectivity index (χ1) is 10.1. The largest absolute Gasteiger partial charge is 0.315 e. The van der Waals surface area contributed by atoms with Gasteiger partial charge in [-0.2, -0.15) is 9.57 Å². The number of nitrogens with one attached hydrogen (secondary N) is 1. The molecule has 0 saturated carbocycles. The highest BCUT2D eigenvalue weighted by molar-refractivity contribution is 7.88. The molecule has 1 aromatic rings. The summed E-state index contributed by atoms with van der Waals surface area (Å²) in [6.07, 6.45) is 2.78. The molecule has 7 heteroatoms. The van der Waals surface area contributed by atoms with Crippen LogP contribution in [0.25, 0.3) is 0 Å². The molecule has 2 bridgehead atoms. The van der Waals surface area contributed by atoms with Crippen molar-refractivity contribution in [2.45, 2.75) is 37.1 Å². The van der Waals surface area contributed by atoms with Crippen LogP contribution < -0.4 is 5.32 Å². The summed E-state index contributed by atoms with van der Waals surface area (Å²) in [4.78, 5) is 0. The summed E-state index contributed by atoms with van der Waals surface area (Å²) in [6, 6.07) is 9.14. The number of nitriles is 1. The lowest BCUT2D eigenvalue weighted by molar-refractivity contribution is 0.334. The Morgan fingerprint density at radius 3 is 2.82 bits per heavy atom. The van der Waals surface area contributed by atoms with Crippen molar-refractivity contribution >= 4 is 22.4 Å². The molecule has 0 spiro atoms. The van der Waals surface area contributed by atoms with Crippen LogP contribution in [0.3, 0.4) is 0 Å². The van der Waals surface area contributed by atoms with Crippen molar-refractivity contribution < 1.29 is 8.42 Å². The Kier molecular flexibility index (Phi) is 5.45. The standard InChI is InChI=1S/C15H19N3O2S.ClH/c16-9-12-2-1-3-13(8-12)11-21(19,20)18-14-4-5-15(18)10-17-7-6-14;/h1-3,8,14-15,17H,4-7,10-11H2;1H. The molecule has 0 radical (unpaired) electrons. The van der Waals surface area contributed by atoms with Gasteiger partial charge in [0.1, 0.15) is 0 Å². The van der Waals surface area contributed by atoms with Crippen LogP contribution in [-0.4, -0.2) is 37.9 Å². The summed E-state index contributed by atoms with van der Waals surface area (Å²) in [5, 5.41) is 12.2. The molecule has 2 heterocycles. The van der Waals surface area contributed by atoms with Gasteiger partial charge in [0.15, 0.2) is 0 Å². The zero-order valence-electron chi connectivity index (χ0n) is 12.2. The summed E-state index contributed by atoms with van der Waals surface area (Å²) in [5.74, 6) is -0.0183. The van der Waals surface area contributed by atoms with Gasteiger partial charge in [0, 0.05) is 18.6 Å². The highest BCUT2D eigenvalue weighted by Crippen LogP contribution is 2.32. The minimum Gasteiger partial charge on any atom is -0.315 e. The molecule has 2 saturated heterocycles. The van der Waals surface area contributed by atoms with Gasteiger partial charge in [0.05, 0.1) is 17.4 Å². The second-order valence-corrected chi connectivity index (χ2v) is 7.65. The van der Waals surface area contributed by atoms with E-state index in [2.05, 4.69) is 11.4 Å². The van der Waals surface area contributed by atoms with Crippen LogP contribution in [0.4, 0.5) is 0 Å². The van der Waals surface area contributed by atoms with Gasteiger partial charge in [-0.25, -0.2) is 8.42 Å². The molecule has 22 heavy (non-hydrogen) atoms. The molecular formula is C15H20ClN3O2S. The number of nitrogens with zero attached hydrogens (tertiary/aromatic N) is 2.